The van der Waals surface area contributed by atoms with Gasteiger partial charge < -0.3 is 20.8 Å². The summed E-state index contributed by atoms with van der Waals surface area (Å²) in [6.45, 7) is 21.7. The van der Waals surface area contributed by atoms with Crippen molar-refractivity contribution in [2.24, 2.45) is 0 Å². The molecule has 0 heterocycles. The number of phenols is 2. The zero-order valence-electron chi connectivity index (χ0n) is 34.5. The molecule has 0 aliphatic rings. The van der Waals surface area contributed by atoms with Crippen molar-refractivity contribution in [2.45, 2.75) is 111 Å². The van der Waals surface area contributed by atoms with Gasteiger partial charge in [-0.05, 0) is 124 Å². The molecule has 4 aromatic carbocycles. The summed E-state index contributed by atoms with van der Waals surface area (Å²) < 4.78 is 0. The monoisotopic (exact) mass is 840 g/mol. The quantitative estimate of drug-likeness (QED) is 0.106. The third-order valence-electron chi connectivity index (χ3n) is 9.62. The van der Waals surface area contributed by atoms with E-state index in [0.717, 1.165) is 37.1 Å². The first kappa shape index (κ1) is 57.8. The van der Waals surface area contributed by atoms with Gasteiger partial charge in [0.1, 0.15) is 11.5 Å². The second-order valence-electron chi connectivity index (χ2n) is 14.5. The van der Waals surface area contributed by atoms with Crippen LogP contribution in [0.25, 0.3) is 0 Å². The van der Waals surface area contributed by atoms with Gasteiger partial charge >= 0.3 is 57.4 Å². The molecule has 0 saturated heterocycles. The Kier molecular flexibility index (Phi) is 30.2. The minimum Gasteiger partial charge on any atom is -0.870 e. The maximum absolute atomic E-state index is 11.4. The fourth-order valence-electron chi connectivity index (χ4n) is 7.08. The van der Waals surface area contributed by atoms with Gasteiger partial charge in [-0.3, -0.25) is 9.80 Å². The van der Waals surface area contributed by atoms with Crippen LogP contribution in [0.2, 0.25) is 0 Å². The Morgan fingerprint density at radius 1 is 0.582 bits per heavy atom. The van der Waals surface area contributed by atoms with Gasteiger partial charge in [0.2, 0.25) is 0 Å². The van der Waals surface area contributed by atoms with Crippen molar-refractivity contribution in [3.8, 4) is 11.5 Å². The third kappa shape index (κ3) is 17.9. The molecule has 11 heteroatoms. The Labute approximate surface area is 394 Å². The van der Waals surface area contributed by atoms with Crippen molar-refractivity contribution in [2.75, 3.05) is 13.1 Å². The summed E-state index contributed by atoms with van der Waals surface area (Å²) in [7, 11) is 0. The second kappa shape index (κ2) is 28.8. The van der Waals surface area contributed by atoms with Crippen molar-refractivity contribution in [3.05, 3.63) is 130 Å². The van der Waals surface area contributed by atoms with Crippen LogP contribution in [-0.2, 0) is 0 Å². The third-order valence-corrected chi connectivity index (χ3v) is 9.62. The molecule has 0 aromatic heterocycles. The molecule has 55 heavy (non-hydrogen) atoms. The van der Waals surface area contributed by atoms with E-state index in [0.29, 0.717) is 35.5 Å². The molecule has 0 bridgehead atoms. The summed E-state index contributed by atoms with van der Waals surface area (Å²) >= 11 is 0. The van der Waals surface area contributed by atoms with Gasteiger partial charge in [0.05, 0.1) is 5.56 Å². The van der Waals surface area contributed by atoms with Crippen molar-refractivity contribution < 1.29 is 77.0 Å². The summed E-state index contributed by atoms with van der Waals surface area (Å²) in [6, 6.07) is 32.9. The van der Waals surface area contributed by atoms with E-state index >= 15 is 0 Å². The predicted octanol–water partition coefficient (Wildman–Crippen LogP) is 7.55. The molecular formula is C44H66ClKN2O5S2. The number of aromatic carboxylic acids is 1. The zero-order chi connectivity index (χ0) is 37.0. The van der Waals surface area contributed by atoms with Crippen molar-refractivity contribution in [1.82, 2.24) is 9.80 Å². The van der Waals surface area contributed by atoms with E-state index in [9.17, 15) is 20.1 Å². The van der Waals surface area contributed by atoms with E-state index in [1.54, 1.807) is 6.07 Å². The van der Waals surface area contributed by atoms with Crippen LogP contribution in [-0.4, -0.2) is 73.8 Å². The van der Waals surface area contributed by atoms with E-state index < -0.39 is 5.97 Å². The summed E-state index contributed by atoms with van der Waals surface area (Å²) in [6.07, 6.45) is 1.80. The van der Waals surface area contributed by atoms with Crippen molar-refractivity contribution in [1.29, 1.82) is 0 Å². The predicted molar refractivity (Wildman–Crippen MR) is 238 cm³/mol. The van der Waals surface area contributed by atoms with Crippen LogP contribution in [0.15, 0.2) is 97.1 Å². The van der Waals surface area contributed by atoms with E-state index in [1.165, 1.54) is 23.3 Å². The largest absolute Gasteiger partial charge is 1.00 e. The van der Waals surface area contributed by atoms with E-state index in [2.05, 4.69) is 102 Å². The normalized spacial score (nSPS) is 11.7. The summed E-state index contributed by atoms with van der Waals surface area (Å²) in [5.74, 6) is -0.287. The van der Waals surface area contributed by atoms with Gasteiger partial charge in [-0.25, -0.2) is 4.79 Å². The van der Waals surface area contributed by atoms with Crippen LogP contribution in [0.4, 0.5) is 0 Å². The summed E-state index contributed by atoms with van der Waals surface area (Å²) in [5, 5.41) is 30.2. The topological polar surface area (TPSA) is 114 Å². The van der Waals surface area contributed by atoms with Crippen molar-refractivity contribution in [3.63, 3.8) is 0 Å². The number of halogens is 1. The number of carbonyl (C=O) groups is 1. The van der Waals surface area contributed by atoms with Gasteiger partial charge in [-0.2, -0.15) is 27.0 Å². The molecule has 0 unspecified atom stereocenters. The molecule has 2 atom stereocenters. The van der Waals surface area contributed by atoms with Gasteiger partial charge in [0.25, 0.3) is 0 Å². The molecule has 0 saturated carbocycles. The molecule has 0 spiro atoms. The summed E-state index contributed by atoms with van der Waals surface area (Å²) in [4.78, 5) is 16.3. The number of nitrogens with zero attached hydrogens (tertiary/aromatic N) is 2. The number of aromatic hydroxyl groups is 2. The Hall–Kier alpha value is -1.54. The van der Waals surface area contributed by atoms with Crippen LogP contribution in [0, 0.1) is 6.92 Å². The number of benzene rings is 4. The van der Waals surface area contributed by atoms with E-state index in [4.69, 9.17) is 0 Å². The van der Waals surface area contributed by atoms with Crippen LogP contribution >= 0.6 is 39.4 Å². The van der Waals surface area contributed by atoms with Gasteiger partial charge in [-0.1, -0.05) is 78.4 Å². The number of rotatable bonds is 15. The average Bonchev–Trinajstić information content (AvgIpc) is 3.07. The Morgan fingerprint density at radius 3 is 1.27 bits per heavy atom. The molecule has 4 N–H and O–H groups in total. The minimum absolute atomic E-state index is 0. The number of carboxylic acid groups (broad SMARTS) is 1. The Balaban J connectivity index is -0.000000903. The van der Waals surface area contributed by atoms with Crippen molar-refractivity contribution >= 4 is 45.4 Å². The molecule has 0 fully saturated rings. The first-order chi connectivity index (χ1) is 23.7. The van der Waals surface area contributed by atoms with Crippen LogP contribution in [0.3, 0.4) is 0 Å². The van der Waals surface area contributed by atoms with E-state index in [1.807, 2.05) is 48.5 Å². The van der Waals surface area contributed by atoms with Crippen LogP contribution in [0.1, 0.15) is 118 Å². The van der Waals surface area contributed by atoms with Crippen LogP contribution < -0.4 is 51.4 Å². The average molecular weight is 842 g/mol. The molecule has 302 valence electrons. The fourth-order valence-corrected chi connectivity index (χ4v) is 7.08. The first-order valence-corrected chi connectivity index (χ1v) is 18.2. The Morgan fingerprint density at radius 2 is 0.927 bits per heavy atom. The van der Waals surface area contributed by atoms with Gasteiger partial charge in [0, 0.05) is 47.1 Å². The molecule has 7 nitrogen and oxygen atoms in total. The molecule has 0 amide bonds. The van der Waals surface area contributed by atoms with Gasteiger partial charge in [0.15, 0.2) is 0 Å². The number of aryl methyl sites for hydroxylation is 1. The maximum atomic E-state index is 11.4. The SMILES string of the molecule is CC(C)N(CC[C@@H](c1ccccc1)c1cc(C(=O)O)ccc1O)C(C)C.Cc1ccc(O)c([C@@H](CCN(C(C)C)C(C)C)c2ccccc2)c1.Cl.S.S.[K+].[OH-]. The number of hydrogen-bond donors (Lipinski definition) is 3. The van der Waals surface area contributed by atoms with E-state index in [-0.39, 0.29) is 119 Å². The molecule has 4 aromatic rings. The fraction of sp³-hybridized carbons (Fsp3) is 0.432. The second-order valence-corrected chi connectivity index (χ2v) is 14.5. The molecule has 0 aliphatic heterocycles. The number of phenolic OH excluding ortho intramolecular Hbond substituents is 2. The number of hydrogen-bond acceptors (Lipinski definition) is 6. The zero-order valence-corrected chi connectivity index (χ0v) is 40.5. The smallest absolute Gasteiger partial charge is 0.870 e. The molecule has 4 rings (SSSR count). The molecule has 0 radical (unpaired) electrons. The van der Waals surface area contributed by atoms with Gasteiger partial charge in [-0.15, -0.1) is 12.4 Å². The number of carboxylic acids is 1. The minimum atomic E-state index is -0.982. The first-order valence-electron chi connectivity index (χ1n) is 18.2. The van der Waals surface area contributed by atoms with Crippen LogP contribution in [0.5, 0.6) is 11.5 Å². The molecule has 0 aliphatic carbocycles. The Bertz CT molecular complexity index is 1620. The maximum Gasteiger partial charge on any atom is 1.00 e. The molecular weight excluding hydrogens is 775 g/mol. The summed E-state index contributed by atoms with van der Waals surface area (Å²) in [5.41, 5.74) is 5.44. The standard InChI is InChI=1S/C22H29NO3.C22H31NO.ClH.K.H2O.2H2S/c1-15(2)23(16(3)4)13-12-19(17-8-6-5-7-9-17)20-14-18(22(25)26)10-11-21(20)24;1-16(2)23(17(3)4)14-13-20(19-9-7-6-8-10-19)21-15-18(5)11-12-22(21)24;;;;;/h5-11,14-16,19,24H,12-13H2,1-4H3,(H,25,26);6-12,15-17,20,24H,13-14H2,1-5H3;1H;;3*1H2/q;;;+1;;;/p-1/t19-;20-;;;;;/m00...../s1.